The van der Waals surface area contributed by atoms with Gasteiger partial charge < -0.3 is 10.5 Å². The quantitative estimate of drug-likeness (QED) is 0.215. The number of benzene rings is 1. The van der Waals surface area contributed by atoms with E-state index in [1.54, 1.807) is 12.1 Å². The van der Waals surface area contributed by atoms with Gasteiger partial charge in [-0.2, -0.15) is 13.2 Å². The minimum atomic E-state index is -4.84. The maximum atomic E-state index is 13.3. The molecule has 1 amide bonds. The third kappa shape index (κ3) is 8.04. The third-order valence-corrected chi connectivity index (χ3v) is 4.95. The van der Waals surface area contributed by atoms with Crippen LogP contribution in [0.1, 0.15) is 89.0 Å². The standard InChI is InChI=1S/C15H11F3N4O2.C8H18.C2H6/c16-15(17,18)12-10-8(5-6-21-13(10)22-14(23)24-12)11(20)7-3-1-2-4-9(7)19;1-3-5-7-8-6-4-2;1-2/h1-6,12,20H,19H2,(H,21,22,23);3-8H2,1-2H3;1-2H3. The van der Waals surface area contributed by atoms with Crippen LogP contribution in [0.2, 0.25) is 0 Å². The Morgan fingerprint density at radius 3 is 2.18 bits per heavy atom. The first-order valence-corrected chi connectivity index (χ1v) is 11.7. The monoisotopic (exact) mass is 480 g/mol. The zero-order valence-electron chi connectivity index (χ0n) is 20.3. The van der Waals surface area contributed by atoms with Gasteiger partial charge in [-0.15, -0.1) is 0 Å². The molecule has 6 nitrogen and oxygen atoms in total. The van der Waals surface area contributed by atoms with E-state index < -0.39 is 23.9 Å². The van der Waals surface area contributed by atoms with Crippen LogP contribution in [0.25, 0.3) is 0 Å². The number of nitrogen functional groups attached to an aromatic ring is 1. The summed E-state index contributed by atoms with van der Waals surface area (Å²) in [5.41, 5.74) is 5.60. The predicted octanol–water partition coefficient (Wildman–Crippen LogP) is 7.64. The second kappa shape index (κ2) is 14.2. The fraction of sp³-hybridized carbons (Fsp3) is 0.480. The van der Waals surface area contributed by atoms with E-state index in [4.69, 9.17) is 11.1 Å². The van der Waals surface area contributed by atoms with E-state index >= 15 is 0 Å². The lowest BCUT2D eigenvalue weighted by Gasteiger charge is -2.29. The third-order valence-electron chi connectivity index (χ3n) is 4.95. The number of rotatable bonds is 7. The number of amides is 1. The Kier molecular flexibility index (Phi) is 12.1. The number of aromatic nitrogens is 1. The molecule has 0 saturated carbocycles. The summed E-state index contributed by atoms with van der Waals surface area (Å²) in [5, 5.41) is 10.4. The molecule has 0 fully saturated rings. The number of halogens is 3. The molecule has 1 atom stereocenters. The van der Waals surface area contributed by atoms with Crippen LogP contribution in [0.15, 0.2) is 36.5 Å². The Morgan fingerprint density at radius 1 is 1.06 bits per heavy atom. The van der Waals surface area contributed by atoms with Gasteiger partial charge in [0.2, 0.25) is 6.10 Å². The van der Waals surface area contributed by atoms with Crippen LogP contribution in [0.5, 0.6) is 0 Å². The minimum absolute atomic E-state index is 0.0692. The highest BCUT2D eigenvalue weighted by Crippen LogP contribution is 2.43. The number of nitrogens with one attached hydrogen (secondary N) is 2. The first kappa shape index (κ1) is 28.9. The van der Waals surface area contributed by atoms with E-state index in [0.717, 1.165) is 0 Å². The molecule has 0 bridgehead atoms. The fourth-order valence-corrected chi connectivity index (χ4v) is 3.30. The lowest BCUT2D eigenvalue weighted by Crippen LogP contribution is -2.35. The SMILES string of the molecule is CC.CCCCCCCC.N=C(c1ccccc1N)c1ccnc2c1C(C(F)(F)F)OC(=O)N2. The average molecular weight is 481 g/mol. The van der Waals surface area contributed by atoms with Crippen LogP contribution in [0.3, 0.4) is 0 Å². The molecule has 9 heteroatoms. The van der Waals surface area contributed by atoms with Gasteiger partial charge in [0, 0.05) is 23.0 Å². The highest BCUT2D eigenvalue weighted by molar-refractivity contribution is 6.15. The summed E-state index contributed by atoms with van der Waals surface area (Å²) in [4.78, 5) is 15.1. The second-order valence-corrected chi connectivity index (χ2v) is 7.45. The highest BCUT2D eigenvalue weighted by atomic mass is 19.4. The van der Waals surface area contributed by atoms with E-state index in [0.29, 0.717) is 0 Å². The van der Waals surface area contributed by atoms with Crippen LogP contribution in [-0.2, 0) is 4.74 Å². The van der Waals surface area contributed by atoms with Gasteiger partial charge in [-0.1, -0.05) is 84.4 Å². The molecule has 0 spiro atoms. The van der Waals surface area contributed by atoms with Crippen molar-refractivity contribution in [2.45, 2.75) is 78.5 Å². The molecule has 0 radical (unpaired) electrons. The van der Waals surface area contributed by atoms with Crippen LogP contribution >= 0.6 is 0 Å². The number of fused-ring (bicyclic) bond motifs is 1. The zero-order valence-corrected chi connectivity index (χ0v) is 20.3. The number of ether oxygens (including phenoxy) is 1. The molecule has 1 aliphatic rings. The number of unbranched alkanes of at least 4 members (excludes halogenated alkanes) is 5. The zero-order chi connectivity index (χ0) is 25.7. The van der Waals surface area contributed by atoms with Crippen LogP contribution < -0.4 is 11.1 Å². The number of carbonyl (C=O) groups excluding carboxylic acids is 1. The van der Waals surface area contributed by atoms with E-state index in [1.807, 2.05) is 13.8 Å². The molecule has 188 valence electrons. The molecule has 0 aliphatic carbocycles. The van der Waals surface area contributed by atoms with Crippen molar-refractivity contribution in [3.8, 4) is 0 Å². The van der Waals surface area contributed by atoms with E-state index in [1.165, 1.54) is 62.9 Å². The summed E-state index contributed by atoms with van der Waals surface area (Å²) in [7, 11) is 0. The summed E-state index contributed by atoms with van der Waals surface area (Å²) in [6.45, 7) is 8.51. The van der Waals surface area contributed by atoms with Crippen molar-refractivity contribution in [3.05, 3.63) is 53.2 Å². The van der Waals surface area contributed by atoms with E-state index in [-0.39, 0.29) is 28.3 Å². The molecule has 1 unspecified atom stereocenters. The predicted molar refractivity (Wildman–Crippen MR) is 130 cm³/mol. The molecule has 34 heavy (non-hydrogen) atoms. The van der Waals surface area contributed by atoms with Crippen molar-refractivity contribution in [2.24, 2.45) is 0 Å². The van der Waals surface area contributed by atoms with Gasteiger partial charge in [-0.25, -0.2) is 9.78 Å². The van der Waals surface area contributed by atoms with Crippen molar-refractivity contribution in [1.29, 1.82) is 5.41 Å². The number of alkyl halides is 3. The summed E-state index contributed by atoms with van der Waals surface area (Å²) >= 11 is 0. The van der Waals surface area contributed by atoms with Crippen LogP contribution in [0.4, 0.5) is 29.5 Å². The molecule has 4 N–H and O–H groups in total. The second-order valence-electron chi connectivity index (χ2n) is 7.45. The fourth-order valence-electron chi connectivity index (χ4n) is 3.30. The Balaban J connectivity index is 0.000000493. The number of para-hydroxylation sites is 1. The van der Waals surface area contributed by atoms with Crippen LogP contribution in [-0.4, -0.2) is 23.0 Å². The summed E-state index contributed by atoms with van der Waals surface area (Å²) in [5.74, 6) is -0.287. The molecule has 1 aromatic carbocycles. The van der Waals surface area contributed by atoms with Gasteiger partial charge in [0.05, 0.1) is 11.3 Å². The largest absolute Gasteiger partial charge is 0.431 e. The van der Waals surface area contributed by atoms with Gasteiger partial charge in [0.15, 0.2) is 0 Å². The summed E-state index contributed by atoms with van der Waals surface area (Å²) in [6.07, 6.45) is 1.10. The normalized spacial score (nSPS) is 14.3. The molecular formula is C25H35F3N4O2. The number of nitrogens with zero attached hydrogens (tertiary/aromatic N) is 1. The van der Waals surface area contributed by atoms with Gasteiger partial charge in [0.25, 0.3) is 0 Å². The molecular weight excluding hydrogens is 445 g/mol. The number of cyclic esters (lactones) is 1. The van der Waals surface area contributed by atoms with Gasteiger partial charge in [-0.3, -0.25) is 10.7 Å². The number of pyridine rings is 1. The van der Waals surface area contributed by atoms with Gasteiger partial charge >= 0.3 is 12.3 Å². The van der Waals surface area contributed by atoms with E-state index in [2.05, 4.69) is 28.9 Å². The topological polar surface area (TPSA) is 101 Å². The molecule has 2 aromatic rings. The highest BCUT2D eigenvalue weighted by Gasteiger charge is 2.49. The maximum Gasteiger partial charge on any atom is 0.430 e. The smallest absolute Gasteiger partial charge is 0.430 e. The van der Waals surface area contributed by atoms with Crippen LogP contribution in [0, 0.1) is 5.41 Å². The number of hydrogen-bond acceptors (Lipinski definition) is 5. The van der Waals surface area contributed by atoms with Crippen molar-refractivity contribution >= 4 is 23.3 Å². The number of carbonyl (C=O) groups is 1. The van der Waals surface area contributed by atoms with Crippen molar-refractivity contribution in [3.63, 3.8) is 0 Å². The van der Waals surface area contributed by atoms with Crippen molar-refractivity contribution in [2.75, 3.05) is 11.1 Å². The molecule has 1 aromatic heterocycles. The molecule has 2 heterocycles. The Bertz CT molecular complexity index is 927. The number of hydrogen-bond donors (Lipinski definition) is 3. The molecule has 3 rings (SSSR count). The molecule has 1 aliphatic heterocycles. The Morgan fingerprint density at radius 2 is 1.65 bits per heavy atom. The van der Waals surface area contributed by atoms with Gasteiger partial charge in [0.1, 0.15) is 5.82 Å². The Hall–Kier alpha value is -3.10. The van der Waals surface area contributed by atoms with E-state index in [9.17, 15) is 18.0 Å². The summed E-state index contributed by atoms with van der Waals surface area (Å²) < 4.78 is 44.3. The lowest BCUT2D eigenvalue weighted by atomic mass is 9.94. The number of anilines is 2. The maximum absolute atomic E-state index is 13.3. The lowest BCUT2D eigenvalue weighted by molar-refractivity contribution is -0.206. The van der Waals surface area contributed by atoms with Gasteiger partial charge in [-0.05, 0) is 12.1 Å². The Labute approximate surface area is 199 Å². The minimum Gasteiger partial charge on any atom is -0.431 e. The average Bonchev–Trinajstić information content (AvgIpc) is 2.82. The van der Waals surface area contributed by atoms with Crippen molar-refractivity contribution < 1.29 is 22.7 Å². The van der Waals surface area contributed by atoms with Crippen molar-refractivity contribution in [1.82, 2.24) is 4.98 Å². The first-order chi connectivity index (χ1) is 16.2. The summed E-state index contributed by atoms with van der Waals surface area (Å²) in [6, 6.07) is 7.59. The number of nitrogens with two attached hydrogens (primary N) is 1. The molecule has 0 saturated heterocycles. The first-order valence-electron chi connectivity index (χ1n) is 11.7.